The van der Waals surface area contributed by atoms with Crippen LogP contribution in [0.2, 0.25) is 0 Å². The van der Waals surface area contributed by atoms with Gasteiger partial charge >= 0.3 is 17.9 Å². The molecule has 14 heteroatoms. The number of thiophene rings is 1. The molecule has 11 nitrogen and oxygen atoms in total. The topological polar surface area (TPSA) is 142 Å². The van der Waals surface area contributed by atoms with Crippen LogP contribution in [0.1, 0.15) is 65.3 Å². The first-order valence-corrected chi connectivity index (χ1v) is 17.2. The predicted molar refractivity (Wildman–Crippen MR) is 170 cm³/mol. The highest BCUT2D eigenvalue weighted by Crippen LogP contribution is 2.40. The van der Waals surface area contributed by atoms with Crippen molar-refractivity contribution in [1.29, 1.82) is 0 Å². The van der Waals surface area contributed by atoms with E-state index in [-0.39, 0.29) is 48.6 Å². The van der Waals surface area contributed by atoms with Crippen LogP contribution in [0.15, 0.2) is 23.2 Å². The van der Waals surface area contributed by atoms with Crippen molar-refractivity contribution in [2.75, 3.05) is 36.6 Å². The van der Waals surface area contributed by atoms with E-state index in [1.165, 1.54) is 11.3 Å². The summed E-state index contributed by atoms with van der Waals surface area (Å²) in [5.74, 6) is -1.86. The lowest BCUT2D eigenvalue weighted by molar-refractivity contribution is -0.143. The molecule has 0 aliphatic heterocycles. The van der Waals surface area contributed by atoms with E-state index in [4.69, 9.17) is 14.2 Å². The minimum Gasteiger partial charge on any atom is -0.465 e. The highest BCUT2D eigenvalue weighted by atomic mass is 32.2. The van der Waals surface area contributed by atoms with Crippen molar-refractivity contribution in [2.45, 2.75) is 53.5 Å². The van der Waals surface area contributed by atoms with Crippen LogP contribution in [0.5, 0.6) is 0 Å². The molecule has 0 saturated carbocycles. The first-order valence-electron chi connectivity index (χ1n) is 14.4. The maximum atomic E-state index is 12.9. The number of nitrogens with zero attached hydrogens (tertiary/aromatic N) is 2. The van der Waals surface area contributed by atoms with Crippen LogP contribution in [0.25, 0.3) is 10.2 Å². The molecule has 0 saturated heterocycles. The van der Waals surface area contributed by atoms with Gasteiger partial charge in [-0.25, -0.2) is 9.59 Å². The van der Waals surface area contributed by atoms with Gasteiger partial charge in [0.15, 0.2) is 4.80 Å². The maximum Gasteiger partial charge on any atom is 0.341 e. The number of carbonyl (C=O) groups is 5. The van der Waals surface area contributed by atoms with Crippen LogP contribution in [0.4, 0.5) is 5.00 Å². The molecule has 4 rings (SSSR count). The van der Waals surface area contributed by atoms with Crippen molar-refractivity contribution in [3.63, 3.8) is 0 Å². The zero-order valence-corrected chi connectivity index (χ0v) is 27.5. The molecule has 0 fully saturated rings. The summed E-state index contributed by atoms with van der Waals surface area (Å²) in [6.45, 7) is 7.84. The lowest BCUT2D eigenvalue weighted by Gasteiger charge is -2.18. The third-order valence-corrected chi connectivity index (χ3v) is 9.84. The van der Waals surface area contributed by atoms with Crippen LogP contribution >= 0.6 is 34.4 Å². The third kappa shape index (κ3) is 8.16. The van der Waals surface area contributed by atoms with Crippen LogP contribution in [-0.2, 0) is 48.0 Å². The average molecular weight is 662 g/mol. The van der Waals surface area contributed by atoms with Crippen LogP contribution < -0.4 is 10.1 Å². The molecule has 1 aliphatic carbocycles. The number of amides is 2. The highest BCUT2D eigenvalue weighted by Gasteiger charge is 2.29. The average Bonchev–Trinajstić information content (AvgIpc) is 3.49. The van der Waals surface area contributed by atoms with Crippen LogP contribution in [0, 0.1) is 5.92 Å². The predicted octanol–water partition coefficient (Wildman–Crippen LogP) is 4.60. The molecular formula is C30H35N3O8S3. The van der Waals surface area contributed by atoms with E-state index in [2.05, 4.69) is 17.2 Å². The number of hydrogen-bond donors (Lipinski definition) is 1. The molecule has 0 spiro atoms. The molecule has 3 aromatic rings. The number of esters is 3. The molecule has 1 aliphatic rings. The standard InChI is InChI=1S/C30H35N3O8S3/c1-5-39-25(36)14-33-20-11-9-18(28(37)40-6-2)13-22(20)44-30(33)32-24(35)16-42-15-23(34)31-27-26(29(38)41-7-3)19-10-8-17(4)12-21(19)43-27/h9,11,13,17H,5-8,10,12,14-16H2,1-4H3,(H,31,34). The number of anilines is 1. The van der Waals surface area contributed by atoms with Gasteiger partial charge < -0.3 is 24.1 Å². The quantitative estimate of drug-likeness (QED) is 0.218. The van der Waals surface area contributed by atoms with Gasteiger partial charge in [-0.1, -0.05) is 18.3 Å². The number of rotatable bonds is 12. The van der Waals surface area contributed by atoms with Gasteiger partial charge in [-0.2, -0.15) is 4.99 Å². The summed E-state index contributed by atoms with van der Waals surface area (Å²) in [4.78, 5) is 68.5. The fraction of sp³-hybridized carbons (Fsp3) is 0.467. The smallest absolute Gasteiger partial charge is 0.341 e. The molecule has 0 radical (unpaired) electrons. The Morgan fingerprint density at radius 1 is 1.00 bits per heavy atom. The van der Waals surface area contributed by atoms with E-state index in [1.54, 1.807) is 43.5 Å². The molecule has 44 heavy (non-hydrogen) atoms. The second-order valence-electron chi connectivity index (χ2n) is 10.0. The number of ether oxygens (including phenoxy) is 3. The summed E-state index contributed by atoms with van der Waals surface area (Å²) < 4.78 is 17.7. The van der Waals surface area contributed by atoms with Gasteiger partial charge in [-0.05, 0) is 69.7 Å². The monoisotopic (exact) mass is 661 g/mol. The number of fused-ring (bicyclic) bond motifs is 2. The lowest BCUT2D eigenvalue weighted by atomic mass is 9.88. The van der Waals surface area contributed by atoms with Gasteiger partial charge in [-0.15, -0.1) is 23.1 Å². The van der Waals surface area contributed by atoms with Crippen molar-refractivity contribution in [3.05, 3.63) is 44.6 Å². The van der Waals surface area contributed by atoms with Crippen molar-refractivity contribution < 1.29 is 38.2 Å². The van der Waals surface area contributed by atoms with Crippen molar-refractivity contribution in [3.8, 4) is 0 Å². The Hall–Kier alpha value is -3.49. The molecule has 0 bridgehead atoms. The molecule has 1 atom stereocenters. The molecule has 236 valence electrons. The minimum absolute atomic E-state index is 0.0271. The Morgan fingerprint density at radius 2 is 1.73 bits per heavy atom. The molecule has 2 heterocycles. The van der Waals surface area contributed by atoms with E-state index >= 15 is 0 Å². The molecule has 2 amide bonds. The fourth-order valence-corrected chi connectivity index (χ4v) is 7.88. The molecule has 2 aromatic heterocycles. The zero-order chi connectivity index (χ0) is 31.8. The summed E-state index contributed by atoms with van der Waals surface area (Å²) in [6.07, 6.45) is 2.59. The normalized spacial score (nSPS) is 14.6. The van der Waals surface area contributed by atoms with E-state index in [9.17, 15) is 24.0 Å². The van der Waals surface area contributed by atoms with Gasteiger partial charge in [0.05, 0.1) is 52.7 Å². The minimum atomic E-state index is -0.495. The lowest BCUT2D eigenvalue weighted by Crippen LogP contribution is -2.23. The van der Waals surface area contributed by atoms with Crippen LogP contribution in [0.3, 0.4) is 0 Å². The largest absolute Gasteiger partial charge is 0.465 e. The van der Waals surface area contributed by atoms with Gasteiger partial charge in [0, 0.05) is 4.88 Å². The molecule has 1 aromatic carbocycles. The second kappa shape index (κ2) is 15.5. The number of carbonyl (C=O) groups excluding carboxylic acids is 5. The van der Waals surface area contributed by atoms with Crippen molar-refractivity contribution in [1.82, 2.24) is 4.57 Å². The van der Waals surface area contributed by atoms with E-state index in [1.807, 2.05) is 0 Å². The van der Waals surface area contributed by atoms with Crippen molar-refractivity contribution >= 4 is 79.4 Å². The van der Waals surface area contributed by atoms with Gasteiger partial charge in [0.2, 0.25) is 5.91 Å². The summed E-state index contributed by atoms with van der Waals surface area (Å²) >= 11 is 3.65. The third-order valence-electron chi connectivity index (χ3n) is 6.71. The zero-order valence-electron chi connectivity index (χ0n) is 25.1. The van der Waals surface area contributed by atoms with Gasteiger partial charge in [0.1, 0.15) is 11.5 Å². The van der Waals surface area contributed by atoms with Gasteiger partial charge in [0.25, 0.3) is 5.91 Å². The number of thiazole rings is 1. The van der Waals surface area contributed by atoms with Gasteiger partial charge in [-0.3, -0.25) is 14.4 Å². The number of thioether (sulfide) groups is 1. The van der Waals surface area contributed by atoms with E-state index in [0.29, 0.717) is 32.3 Å². The SMILES string of the molecule is CCOC(=O)Cn1c(=NC(=O)CSCC(=O)Nc2sc3c(c2C(=O)OCC)CCC(C)C3)sc2cc(C(=O)OCC)ccc21. The molecular weight excluding hydrogens is 627 g/mol. The summed E-state index contributed by atoms with van der Waals surface area (Å²) in [7, 11) is 0. The van der Waals surface area contributed by atoms with E-state index < -0.39 is 23.8 Å². The second-order valence-corrected chi connectivity index (χ2v) is 13.1. The Labute approximate surface area is 267 Å². The summed E-state index contributed by atoms with van der Waals surface area (Å²) in [5, 5.41) is 3.34. The Morgan fingerprint density at radius 3 is 2.45 bits per heavy atom. The van der Waals surface area contributed by atoms with Crippen molar-refractivity contribution in [2.24, 2.45) is 10.9 Å². The number of nitrogens with one attached hydrogen (secondary N) is 1. The first kappa shape index (κ1) is 33.4. The molecule has 1 unspecified atom stereocenters. The molecule has 1 N–H and O–H groups in total. The summed E-state index contributed by atoms with van der Waals surface area (Å²) in [6, 6.07) is 4.90. The first-order chi connectivity index (χ1) is 21.1. The summed E-state index contributed by atoms with van der Waals surface area (Å²) in [5.41, 5.74) is 2.35. The maximum absolute atomic E-state index is 12.9. The Balaban J connectivity index is 1.47. The van der Waals surface area contributed by atoms with Crippen LogP contribution in [-0.4, -0.2) is 65.6 Å². The number of aromatic nitrogens is 1. The fourth-order valence-electron chi connectivity index (χ4n) is 4.78. The van der Waals surface area contributed by atoms with E-state index in [0.717, 1.165) is 52.8 Å². The Bertz CT molecular complexity index is 1640. The number of hydrogen-bond acceptors (Lipinski definition) is 11. The number of benzene rings is 1. The Kier molecular flexibility index (Phi) is 11.8. The highest BCUT2D eigenvalue weighted by molar-refractivity contribution is 8.00.